The molecule has 0 aliphatic heterocycles. The molecule has 1 aromatic rings. The van der Waals surface area contributed by atoms with Gasteiger partial charge in [0.05, 0.1) is 6.10 Å². The van der Waals surface area contributed by atoms with E-state index in [1.807, 2.05) is 0 Å². The summed E-state index contributed by atoms with van der Waals surface area (Å²) in [4.78, 5) is 0. The summed E-state index contributed by atoms with van der Waals surface area (Å²) in [5.41, 5.74) is 4.07. The van der Waals surface area contributed by atoms with Gasteiger partial charge in [-0.05, 0) is 56.7 Å². The molecule has 17 heavy (non-hydrogen) atoms. The van der Waals surface area contributed by atoms with Crippen LogP contribution in [-0.2, 0) is 6.54 Å². The maximum atomic E-state index is 9.47. The highest BCUT2D eigenvalue weighted by Crippen LogP contribution is 2.24. The Morgan fingerprint density at radius 1 is 1.29 bits per heavy atom. The molecule has 2 nitrogen and oxygen atoms in total. The van der Waals surface area contributed by atoms with Crippen LogP contribution in [0.2, 0.25) is 0 Å². The van der Waals surface area contributed by atoms with Crippen molar-refractivity contribution in [3.05, 3.63) is 34.9 Å². The average molecular weight is 233 g/mol. The maximum absolute atomic E-state index is 9.47. The Bertz CT molecular complexity index is 375. The number of hydrogen-bond donors (Lipinski definition) is 2. The molecule has 1 saturated carbocycles. The van der Waals surface area contributed by atoms with Gasteiger partial charge in [0.1, 0.15) is 0 Å². The molecule has 2 atom stereocenters. The second kappa shape index (κ2) is 5.65. The van der Waals surface area contributed by atoms with Crippen LogP contribution in [0.3, 0.4) is 0 Å². The number of nitrogens with one attached hydrogen (secondary N) is 1. The highest BCUT2D eigenvalue weighted by molar-refractivity contribution is 5.30. The van der Waals surface area contributed by atoms with Gasteiger partial charge in [-0.25, -0.2) is 0 Å². The van der Waals surface area contributed by atoms with Crippen molar-refractivity contribution < 1.29 is 5.11 Å². The van der Waals surface area contributed by atoms with Gasteiger partial charge >= 0.3 is 0 Å². The van der Waals surface area contributed by atoms with Crippen molar-refractivity contribution >= 4 is 0 Å². The van der Waals surface area contributed by atoms with Gasteiger partial charge in [-0.3, -0.25) is 0 Å². The SMILES string of the molecule is Cc1ccc(C)c(CNCC2CCC(O)C2)c1. The fraction of sp³-hybridized carbons (Fsp3) is 0.600. The van der Waals surface area contributed by atoms with Crippen LogP contribution >= 0.6 is 0 Å². The minimum Gasteiger partial charge on any atom is -0.393 e. The van der Waals surface area contributed by atoms with E-state index in [1.54, 1.807) is 0 Å². The summed E-state index contributed by atoms with van der Waals surface area (Å²) < 4.78 is 0. The Balaban J connectivity index is 1.80. The highest BCUT2D eigenvalue weighted by Gasteiger charge is 2.21. The second-order valence-electron chi connectivity index (χ2n) is 5.39. The minimum absolute atomic E-state index is 0.0532. The van der Waals surface area contributed by atoms with E-state index < -0.39 is 0 Å². The molecular weight excluding hydrogens is 210 g/mol. The summed E-state index contributed by atoms with van der Waals surface area (Å²) in [6, 6.07) is 6.60. The van der Waals surface area contributed by atoms with Gasteiger partial charge in [-0.1, -0.05) is 23.8 Å². The predicted molar refractivity (Wildman–Crippen MR) is 71.0 cm³/mol. The van der Waals surface area contributed by atoms with Gasteiger partial charge in [-0.2, -0.15) is 0 Å². The number of hydrogen-bond acceptors (Lipinski definition) is 2. The topological polar surface area (TPSA) is 32.3 Å². The zero-order chi connectivity index (χ0) is 12.3. The predicted octanol–water partition coefficient (Wildman–Crippen LogP) is 2.55. The van der Waals surface area contributed by atoms with Crippen LogP contribution < -0.4 is 5.32 Å². The smallest absolute Gasteiger partial charge is 0.0543 e. The van der Waals surface area contributed by atoms with Crippen LogP contribution in [0.1, 0.15) is 36.0 Å². The lowest BCUT2D eigenvalue weighted by atomic mass is 10.0. The molecule has 2 rings (SSSR count). The van der Waals surface area contributed by atoms with Crippen molar-refractivity contribution in [2.45, 2.75) is 45.8 Å². The molecule has 1 fully saturated rings. The van der Waals surface area contributed by atoms with Crippen molar-refractivity contribution in [3.63, 3.8) is 0 Å². The Labute approximate surface area is 104 Å². The molecule has 0 radical (unpaired) electrons. The number of aliphatic hydroxyl groups excluding tert-OH is 1. The third kappa shape index (κ3) is 3.55. The van der Waals surface area contributed by atoms with Gasteiger partial charge < -0.3 is 10.4 Å². The van der Waals surface area contributed by atoms with Crippen LogP contribution in [0.4, 0.5) is 0 Å². The first kappa shape index (κ1) is 12.6. The maximum Gasteiger partial charge on any atom is 0.0543 e. The molecule has 1 aliphatic rings. The van der Waals surface area contributed by atoms with Crippen LogP contribution in [0.15, 0.2) is 18.2 Å². The van der Waals surface area contributed by atoms with Gasteiger partial charge in [0.25, 0.3) is 0 Å². The van der Waals surface area contributed by atoms with Gasteiger partial charge in [0.2, 0.25) is 0 Å². The quantitative estimate of drug-likeness (QED) is 0.837. The van der Waals surface area contributed by atoms with Crippen LogP contribution in [0.25, 0.3) is 0 Å². The van der Waals surface area contributed by atoms with E-state index in [4.69, 9.17) is 0 Å². The first-order chi connectivity index (χ1) is 8.15. The third-order valence-corrected chi connectivity index (χ3v) is 3.77. The Morgan fingerprint density at radius 3 is 2.82 bits per heavy atom. The third-order valence-electron chi connectivity index (χ3n) is 3.77. The van der Waals surface area contributed by atoms with E-state index in [9.17, 15) is 5.11 Å². The highest BCUT2D eigenvalue weighted by atomic mass is 16.3. The first-order valence-electron chi connectivity index (χ1n) is 6.60. The summed E-state index contributed by atoms with van der Waals surface area (Å²) in [5, 5.41) is 13.0. The van der Waals surface area contributed by atoms with E-state index in [2.05, 4.69) is 37.4 Å². The molecule has 2 unspecified atom stereocenters. The number of rotatable bonds is 4. The molecule has 0 spiro atoms. The molecular formula is C15H23NO. The zero-order valence-corrected chi connectivity index (χ0v) is 10.9. The van der Waals surface area contributed by atoms with Crippen LogP contribution in [-0.4, -0.2) is 17.8 Å². The van der Waals surface area contributed by atoms with Crippen molar-refractivity contribution in [2.24, 2.45) is 5.92 Å². The van der Waals surface area contributed by atoms with E-state index >= 15 is 0 Å². The lowest BCUT2D eigenvalue weighted by Gasteiger charge is -2.12. The molecule has 1 aromatic carbocycles. The molecule has 0 amide bonds. The minimum atomic E-state index is -0.0532. The number of benzene rings is 1. The average Bonchev–Trinajstić information content (AvgIpc) is 2.69. The second-order valence-corrected chi connectivity index (χ2v) is 5.39. The monoisotopic (exact) mass is 233 g/mol. The van der Waals surface area contributed by atoms with Crippen molar-refractivity contribution in [3.8, 4) is 0 Å². The van der Waals surface area contributed by atoms with E-state index in [-0.39, 0.29) is 6.10 Å². The largest absolute Gasteiger partial charge is 0.393 e. The molecule has 0 heterocycles. The Kier molecular flexibility index (Phi) is 4.19. The van der Waals surface area contributed by atoms with Crippen molar-refractivity contribution in [1.29, 1.82) is 0 Å². The summed E-state index contributed by atoms with van der Waals surface area (Å²) in [5.74, 6) is 0.662. The lowest BCUT2D eigenvalue weighted by Crippen LogP contribution is -2.21. The normalized spacial score (nSPS) is 24.2. The number of aryl methyl sites for hydroxylation is 2. The fourth-order valence-corrected chi connectivity index (χ4v) is 2.64. The molecule has 0 aromatic heterocycles. The summed E-state index contributed by atoms with van der Waals surface area (Å²) in [6.45, 7) is 6.27. The van der Waals surface area contributed by atoms with Gasteiger partial charge in [0, 0.05) is 6.54 Å². The summed E-state index contributed by atoms with van der Waals surface area (Å²) >= 11 is 0. The molecule has 0 bridgehead atoms. The molecule has 2 N–H and O–H groups in total. The molecule has 2 heteroatoms. The summed E-state index contributed by atoms with van der Waals surface area (Å²) in [7, 11) is 0. The molecule has 0 saturated heterocycles. The number of aliphatic hydroxyl groups is 1. The molecule has 1 aliphatic carbocycles. The standard InChI is InChI=1S/C15H23NO/c1-11-3-4-12(2)14(7-11)10-16-9-13-5-6-15(17)8-13/h3-4,7,13,15-17H,5-6,8-10H2,1-2H3. The summed E-state index contributed by atoms with van der Waals surface area (Å²) in [6.07, 6.45) is 3.07. The van der Waals surface area contributed by atoms with Crippen LogP contribution in [0.5, 0.6) is 0 Å². The Morgan fingerprint density at radius 2 is 2.12 bits per heavy atom. The van der Waals surface area contributed by atoms with Gasteiger partial charge in [0.15, 0.2) is 0 Å². The van der Waals surface area contributed by atoms with Gasteiger partial charge in [-0.15, -0.1) is 0 Å². The van der Waals surface area contributed by atoms with Crippen molar-refractivity contribution in [2.75, 3.05) is 6.54 Å². The van der Waals surface area contributed by atoms with E-state index in [1.165, 1.54) is 23.1 Å². The zero-order valence-electron chi connectivity index (χ0n) is 10.9. The fourth-order valence-electron chi connectivity index (χ4n) is 2.64. The van der Waals surface area contributed by atoms with E-state index in [0.717, 1.165) is 25.9 Å². The van der Waals surface area contributed by atoms with Crippen LogP contribution in [0, 0.1) is 19.8 Å². The lowest BCUT2D eigenvalue weighted by molar-refractivity contribution is 0.177. The molecule has 94 valence electrons. The first-order valence-corrected chi connectivity index (χ1v) is 6.60. The van der Waals surface area contributed by atoms with Crippen molar-refractivity contribution in [1.82, 2.24) is 5.32 Å². The van der Waals surface area contributed by atoms with E-state index in [0.29, 0.717) is 5.92 Å². The Hall–Kier alpha value is -0.860.